The quantitative estimate of drug-likeness (QED) is 0.353. The molecule has 0 saturated heterocycles. The summed E-state index contributed by atoms with van der Waals surface area (Å²) < 4.78 is 42.5. The lowest BCUT2D eigenvalue weighted by Gasteiger charge is -2.27. The molecule has 3 aromatic rings. The zero-order valence-electron chi connectivity index (χ0n) is 20.7. The van der Waals surface area contributed by atoms with Crippen LogP contribution in [0.5, 0.6) is 17.2 Å². The fourth-order valence-corrected chi connectivity index (χ4v) is 4.69. The lowest BCUT2D eigenvalue weighted by molar-refractivity contribution is 0.201. The van der Waals surface area contributed by atoms with Crippen molar-refractivity contribution >= 4 is 21.4 Å². The van der Waals surface area contributed by atoms with Gasteiger partial charge < -0.3 is 19.1 Å². The van der Waals surface area contributed by atoms with Crippen molar-refractivity contribution in [3.05, 3.63) is 72.6 Å². The fourth-order valence-electron chi connectivity index (χ4n) is 4.24. The number of aromatic nitrogens is 1. The Kier molecular flexibility index (Phi) is 8.66. The molecule has 0 spiro atoms. The van der Waals surface area contributed by atoms with Crippen molar-refractivity contribution in [1.29, 1.82) is 0 Å². The van der Waals surface area contributed by atoms with E-state index in [1.165, 1.54) is 12.8 Å². The minimum absolute atomic E-state index is 0.212. The van der Waals surface area contributed by atoms with Crippen LogP contribution >= 0.6 is 0 Å². The molecule has 0 atom stereocenters. The Hall–Kier alpha value is -3.30. The van der Waals surface area contributed by atoms with Crippen molar-refractivity contribution in [2.75, 3.05) is 31.4 Å². The van der Waals surface area contributed by atoms with Crippen LogP contribution in [0.25, 0.3) is 0 Å². The number of ether oxygens (including phenoxy) is 3. The SMILES string of the molecule is COc1ccc(N(Cc2cccnc2)c2ccc(OCCNS(C)(=O)=O)cc2)cc1OC1CCCC1. The van der Waals surface area contributed by atoms with E-state index < -0.39 is 10.0 Å². The second kappa shape index (κ2) is 12.1. The molecule has 2 aromatic carbocycles. The number of sulfonamides is 1. The van der Waals surface area contributed by atoms with Gasteiger partial charge in [0.2, 0.25) is 10.0 Å². The van der Waals surface area contributed by atoms with Gasteiger partial charge in [0.15, 0.2) is 11.5 Å². The number of methoxy groups -OCH3 is 1. The molecule has 9 heteroatoms. The normalized spacial score (nSPS) is 13.9. The molecular weight excluding hydrogens is 478 g/mol. The van der Waals surface area contributed by atoms with Crippen LogP contribution in [0, 0.1) is 0 Å². The Bertz CT molecular complexity index is 1210. The van der Waals surface area contributed by atoms with Crippen molar-refractivity contribution in [3.63, 3.8) is 0 Å². The van der Waals surface area contributed by atoms with Gasteiger partial charge >= 0.3 is 0 Å². The third kappa shape index (κ3) is 7.35. The molecule has 1 aliphatic carbocycles. The van der Waals surface area contributed by atoms with Crippen molar-refractivity contribution in [1.82, 2.24) is 9.71 Å². The van der Waals surface area contributed by atoms with Crippen molar-refractivity contribution in [2.24, 2.45) is 0 Å². The first kappa shape index (κ1) is 25.8. The maximum atomic E-state index is 11.2. The van der Waals surface area contributed by atoms with Crippen LogP contribution in [-0.2, 0) is 16.6 Å². The van der Waals surface area contributed by atoms with Gasteiger partial charge in [-0.25, -0.2) is 13.1 Å². The molecule has 0 aliphatic heterocycles. The van der Waals surface area contributed by atoms with Crippen LogP contribution < -0.4 is 23.8 Å². The molecule has 1 heterocycles. The molecule has 1 fully saturated rings. The lowest BCUT2D eigenvalue weighted by atomic mass is 10.1. The minimum Gasteiger partial charge on any atom is -0.493 e. The highest BCUT2D eigenvalue weighted by Gasteiger charge is 2.20. The fraction of sp³-hybridized carbons (Fsp3) is 0.370. The highest BCUT2D eigenvalue weighted by molar-refractivity contribution is 7.88. The Morgan fingerprint density at radius 3 is 2.44 bits per heavy atom. The van der Waals surface area contributed by atoms with E-state index in [4.69, 9.17) is 14.2 Å². The van der Waals surface area contributed by atoms with Gasteiger partial charge in [-0.3, -0.25) is 4.98 Å². The molecule has 1 saturated carbocycles. The average molecular weight is 512 g/mol. The third-order valence-corrected chi connectivity index (χ3v) is 6.73. The second-order valence-corrected chi connectivity index (χ2v) is 10.6. The topological polar surface area (TPSA) is 90.0 Å². The summed E-state index contributed by atoms with van der Waals surface area (Å²) in [6.07, 6.45) is 9.48. The van der Waals surface area contributed by atoms with Gasteiger partial charge in [0.25, 0.3) is 0 Å². The van der Waals surface area contributed by atoms with E-state index in [1.54, 1.807) is 13.3 Å². The van der Waals surface area contributed by atoms with Crippen LogP contribution in [0.3, 0.4) is 0 Å². The molecule has 0 radical (unpaired) electrons. The molecule has 0 amide bonds. The molecule has 1 aromatic heterocycles. The predicted molar refractivity (Wildman–Crippen MR) is 141 cm³/mol. The highest BCUT2D eigenvalue weighted by atomic mass is 32.2. The second-order valence-electron chi connectivity index (χ2n) is 8.82. The summed E-state index contributed by atoms with van der Waals surface area (Å²) in [6.45, 7) is 1.07. The van der Waals surface area contributed by atoms with Crippen molar-refractivity contribution in [3.8, 4) is 17.2 Å². The maximum Gasteiger partial charge on any atom is 0.208 e. The summed E-state index contributed by atoms with van der Waals surface area (Å²) >= 11 is 0. The monoisotopic (exact) mass is 511 g/mol. The Balaban J connectivity index is 1.56. The van der Waals surface area contributed by atoms with Gasteiger partial charge in [0.1, 0.15) is 12.4 Å². The van der Waals surface area contributed by atoms with Gasteiger partial charge in [-0.1, -0.05) is 6.07 Å². The average Bonchev–Trinajstić information content (AvgIpc) is 3.39. The largest absolute Gasteiger partial charge is 0.493 e. The number of anilines is 2. The van der Waals surface area contributed by atoms with Crippen molar-refractivity contribution < 1.29 is 22.6 Å². The number of rotatable bonds is 12. The first-order chi connectivity index (χ1) is 17.4. The zero-order valence-corrected chi connectivity index (χ0v) is 21.5. The molecule has 0 unspecified atom stereocenters. The number of nitrogens with zero attached hydrogens (tertiary/aromatic N) is 2. The lowest BCUT2D eigenvalue weighted by Crippen LogP contribution is -2.26. The molecule has 36 heavy (non-hydrogen) atoms. The van der Waals surface area contributed by atoms with Crippen LogP contribution in [0.1, 0.15) is 31.2 Å². The first-order valence-corrected chi connectivity index (χ1v) is 14.0. The van der Waals surface area contributed by atoms with Crippen LogP contribution in [0.15, 0.2) is 67.0 Å². The number of pyridine rings is 1. The Labute approximate surface area is 213 Å². The highest BCUT2D eigenvalue weighted by Crippen LogP contribution is 2.38. The third-order valence-electron chi connectivity index (χ3n) is 6.00. The van der Waals surface area contributed by atoms with Crippen molar-refractivity contribution in [2.45, 2.75) is 38.3 Å². The number of hydrogen-bond acceptors (Lipinski definition) is 7. The summed E-state index contributed by atoms with van der Waals surface area (Å²) in [4.78, 5) is 6.46. The van der Waals surface area contributed by atoms with Gasteiger partial charge in [0, 0.05) is 42.9 Å². The van der Waals surface area contributed by atoms with E-state index >= 15 is 0 Å². The molecule has 192 valence electrons. The smallest absolute Gasteiger partial charge is 0.208 e. The van der Waals surface area contributed by atoms with E-state index in [1.807, 2.05) is 60.8 Å². The van der Waals surface area contributed by atoms with Crippen LogP contribution in [0.4, 0.5) is 11.4 Å². The van der Waals surface area contributed by atoms with E-state index in [0.29, 0.717) is 12.3 Å². The van der Waals surface area contributed by atoms with Gasteiger partial charge in [-0.2, -0.15) is 0 Å². The Morgan fingerprint density at radius 2 is 1.78 bits per heavy atom. The predicted octanol–water partition coefficient (Wildman–Crippen LogP) is 4.68. The molecule has 8 nitrogen and oxygen atoms in total. The number of hydrogen-bond donors (Lipinski definition) is 1. The number of nitrogens with one attached hydrogen (secondary N) is 1. The van der Waals surface area contributed by atoms with E-state index in [9.17, 15) is 8.42 Å². The van der Waals surface area contributed by atoms with E-state index in [0.717, 1.165) is 47.5 Å². The van der Waals surface area contributed by atoms with Crippen LogP contribution in [-0.4, -0.2) is 46.0 Å². The van der Waals surface area contributed by atoms with Crippen LogP contribution in [0.2, 0.25) is 0 Å². The summed E-state index contributed by atoms with van der Waals surface area (Å²) in [7, 11) is -1.57. The standard InChI is InChI=1S/C27H33N3O5S/c1-33-26-14-11-23(18-27(26)35-25-7-3-4-8-25)30(20-21-6-5-15-28-19-21)22-9-12-24(13-10-22)34-17-16-29-36(2,31)32/h5-6,9-15,18-19,25,29H,3-4,7-8,16-17,20H2,1-2H3. The van der Waals surface area contributed by atoms with Gasteiger partial charge in [0.05, 0.1) is 19.5 Å². The van der Waals surface area contributed by atoms with Gasteiger partial charge in [-0.05, 0) is 73.7 Å². The first-order valence-electron chi connectivity index (χ1n) is 12.1. The summed E-state index contributed by atoms with van der Waals surface area (Å²) in [6, 6.07) is 17.7. The number of benzene rings is 2. The minimum atomic E-state index is -3.23. The van der Waals surface area contributed by atoms with Gasteiger partial charge in [-0.15, -0.1) is 0 Å². The summed E-state index contributed by atoms with van der Waals surface area (Å²) in [5, 5.41) is 0. The van der Waals surface area contributed by atoms with E-state index in [-0.39, 0.29) is 19.3 Å². The summed E-state index contributed by atoms with van der Waals surface area (Å²) in [5.74, 6) is 2.13. The molecule has 0 bridgehead atoms. The zero-order chi connectivity index (χ0) is 25.4. The summed E-state index contributed by atoms with van der Waals surface area (Å²) in [5.41, 5.74) is 3.01. The molecular formula is C27H33N3O5S. The molecule has 1 N–H and O–H groups in total. The maximum absolute atomic E-state index is 11.2. The van der Waals surface area contributed by atoms with E-state index in [2.05, 4.69) is 14.6 Å². The molecule has 4 rings (SSSR count). The Morgan fingerprint density at radius 1 is 1.03 bits per heavy atom. The molecule has 1 aliphatic rings.